The van der Waals surface area contributed by atoms with E-state index in [1.807, 2.05) is 18.2 Å². The zero-order valence-electron chi connectivity index (χ0n) is 12.4. The molecule has 2 aliphatic heterocycles. The molecule has 1 aromatic carbocycles. The molecule has 21 heavy (non-hydrogen) atoms. The SMILES string of the molecule is CC1NCCC1C(=O)NCCc1ccc2c(c1)OCCO2. The summed E-state index contributed by atoms with van der Waals surface area (Å²) in [7, 11) is 0. The van der Waals surface area contributed by atoms with Gasteiger partial charge in [-0.2, -0.15) is 0 Å². The maximum absolute atomic E-state index is 12.1. The lowest BCUT2D eigenvalue weighted by atomic mass is 10.0. The number of carbonyl (C=O) groups excluding carboxylic acids is 1. The predicted molar refractivity (Wildman–Crippen MR) is 79.7 cm³/mol. The Morgan fingerprint density at radius 3 is 2.90 bits per heavy atom. The lowest BCUT2D eigenvalue weighted by Gasteiger charge is -2.19. The molecule has 0 aliphatic carbocycles. The van der Waals surface area contributed by atoms with E-state index in [4.69, 9.17) is 9.47 Å². The van der Waals surface area contributed by atoms with E-state index in [1.165, 1.54) is 0 Å². The first kappa shape index (κ1) is 14.2. The topological polar surface area (TPSA) is 59.6 Å². The van der Waals surface area contributed by atoms with Gasteiger partial charge in [0.25, 0.3) is 0 Å². The van der Waals surface area contributed by atoms with Gasteiger partial charge in [-0.15, -0.1) is 0 Å². The summed E-state index contributed by atoms with van der Waals surface area (Å²) in [6.45, 7) is 4.86. The van der Waals surface area contributed by atoms with Crippen molar-refractivity contribution in [1.82, 2.24) is 10.6 Å². The second-order valence-corrected chi connectivity index (χ2v) is 5.66. The Morgan fingerprint density at radius 1 is 1.33 bits per heavy atom. The molecule has 5 heteroatoms. The van der Waals surface area contributed by atoms with Crippen LogP contribution in [0.1, 0.15) is 18.9 Å². The zero-order chi connectivity index (χ0) is 14.7. The largest absolute Gasteiger partial charge is 0.486 e. The molecular weight excluding hydrogens is 268 g/mol. The number of ether oxygens (including phenoxy) is 2. The second kappa shape index (κ2) is 6.35. The quantitative estimate of drug-likeness (QED) is 0.872. The fourth-order valence-corrected chi connectivity index (χ4v) is 2.92. The molecule has 3 rings (SSSR count). The fraction of sp³-hybridized carbons (Fsp3) is 0.562. The first-order valence-corrected chi connectivity index (χ1v) is 7.63. The Balaban J connectivity index is 1.50. The lowest BCUT2D eigenvalue weighted by Crippen LogP contribution is -2.37. The number of hydrogen-bond donors (Lipinski definition) is 2. The van der Waals surface area contributed by atoms with E-state index in [-0.39, 0.29) is 17.9 Å². The summed E-state index contributed by atoms with van der Waals surface area (Å²) < 4.78 is 11.1. The molecule has 0 radical (unpaired) electrons. The molecule has 2 unspecified atom stereocenters. The van der Waals surface area contributed by atoms with Crippen molar-refractivity contribution < 1.29 is 14.3 Å². The molecule has 1 saturated heterocycles. The molecule has 0 bridgehead atoms. The van der Waals surface area contributed by atoms with Crippen molar-refractivity contribution in [3.63, 3.8) is 0 Å². The minimum Gasteiger partial charge on any atom is -0.486 e. The zero-order valence-corrected chi connectivity index (χ0v) is 12.4. The molecule has 1 amide bonds. The maximum atomic E-state index is 12.1. The van der Waals surface area contributed by atoms with Gasteiger partial charge in [-0.05, 0) is 44.0 Å². The number of nitrogens with one attached hydrogen (secondary N) is 2. The Labute approximate surface area is 125 Å². The summed E-state index contributed by atoms with van der Waals surface area (Å²) in [5, 5.41) is 6.33. The van der Waals surface area contributed by atoms with Gasteiger partial charge < -0.3 is 20.1 Å². The number of benzene rings is 1. The number of hydrogen-bond acceptors (Lipinski definition) is 4. The Kier molecular flexibility index (Phi) is 4.29. The second-order valence-electron chi connectivity index (χ2n) is 5.66. The van der Waals surface area contributed by atoms with E-state index in [0.717, 1.165) is 36.4 Å². The van der Waals surface area contributed by atoms with Crippen LogP contribution in [0, 0.1) is 5.92 Å². The normalized spacial score (nSPS) is 23.9. The molecule has 2 heterocycles. The average Bonchev–Trinajstić information content (AvgIpc) is 2.93. The smallest absolute Gasteiger partial charge is 0.224 e. The van der Waals surface area contributed by atoms with Crippen LogP contribution in [0.15, 0.2) is 18.2 Å². The first-order valence-electron chi connectivity index (χ1n) is 7.63. The van der Waals surface area contributed by atoms with Crippen molar-refractivity contribution in [3.8, 4) is 11.5 Å². The minimum absolute atomic E-state index is 0.102. The molecule has 0 spiro atoms. The summed E-state index contributed by atoms with van der Waals surface area (Å²) in [6, 6.07) is 6.24. The van der Waals surface area contributed by atoms with Crippen LogP contribution < -0.4 is 20.1 Å². The van der Waals surface area contributed by atoms with E-state index in [9.17, 15) is 4.79 Å². The van der Waals surface area contributed by atoms with Gasteiger partial charge in [0.1, 0.15) is 13.2 Å². The van der Waals surface area contributed by atoms with E-state index >= 15 is 0 Å². The monoisotopic (exact) mass is 290 g/mol. The van der Waals surface area contributed by atoms with Crippen LogP contribution in [-0.4, -0.2) is 38.3 Å². The summed E-state index contributed by atoms with van der Waals surface area (Å²) >= 11 is 0. The Hall–Kier alpha value is -1.75. The van der Waals surface area contributed by atoms with Gasteiger partial charge in [0.2, 0.25) is 5.91 Å². The van der Waals surface area contributed by atoms with Crippen LogP contribution in [0.5, 0.6) is 11.5 Å². The van der Waals surface area contributed by atoms with Gasteiger partial charge in [-0.25, -0.2) is 0 Å². The average molecular weight is 290 g/mol. The van der Waals surface area contributed by atoms with Crippen molar-refractivity contribution in [2.45, 2.75) is 25.8 Å². The summed E-state index contributed by atoms with van der Waals surface area (Å²) in [4.78, 5) is 12.1. The van der Waals surface area contributed by atoms with E-state index in [2.05, 4.69) is 17.6 Å². The minimum atomic E-state index is 0.102. The molecule has 1 fully saturated rings. The fourth-order valence-electron chi connectivity index (χ4n) is 2.92. The molecule has 0 aromatic heterocycles. The number of fused-ring (bicyclic) bond motifs is 1. The highest BCUT2D eigenvalue weighted by molar-refractivity contribution is 5.79. The number of rotatable bonds is 4. The number of carbonyl (C=O) groups is 1. The molecule has 5 nitrogen and oxygen atoms in total. The standard InChI is InChI=1S/C16H22N2O3/c1-11-13(5-7-17-11)16(19)18-6-4-12-2-3-14-15(10-12)21-9-8-20-14/h2-3,10-11,13,17H,4-9H2,1H3,(H,18,19). The van der Waals surface area contributed by atoms with Gasteiger partial charge in [0.05, 0.1) is 5.92 Å². The first-order chi connectivity index (χ1) is 10.2. The van der Waals surface area contributed by atoms with Crippen molar-refractivity contribution in [3.05, 3.63) is 23.8 Å². The Bertz CT molecular complexity index is 518. The third-order valence-electron chi connectivity index (χ3n) is 4.18. The highest BCUT2D eigenvalue weighted by atomic mass is 16.6. The van der Waals surface area contributed by atoms with Crippen molar-refractivity contribution in [1.29, 1.82) is 0 Å². The highest BCUT2D eigenvalue weighted by Gasteiger charge is 2.28. The van der Waals surface area contributed by atoms with Gasteiger partial charge in [0, 0.05) is 12.6 Å². The van der Waals surface area contributed by atoms with Crippen LogP contribution in [-0.2, 0) is 11.2 Å². The van der Waals surface area contributed by atoms with Crippen molar-refractivity contribution in [2.24, 2.45) is 5.92 Å². The maximum Gasteiger partial charge on any atom is 0.224 e. The van der Waals surface area contributed by atoms with E-state index in [1.54, 1.807) is 0 Å². The van der Waals surface area contributed by atoms with E-state index < -0.39 is 0 Å². The van der Waals surface area contributed by atoms with E-state index in [0.29, 0.717) is 19.8 Å². The van der Waals surface area contributed by atoms with Crippen molar-refractivity contribution >= 4 is 5.91 Å². The molecule has 2 atom stereocenters. The third-order valence-corrected chi connectivity index (χ3v) is 4.18. The van der Waals surface area contributed by atoms with Gasteiger partial charge in [-0.3, -0.25) is 4.79 Å². The van der Waals surface area contributed by atoms with Crippen LogP contribution in [0.2, 0.25) is 0 Å². The molecular formula is C16H22N2O3. The van der Waals surface area contributed by atoms with Crippen LogP contribution in [0.4, 0.5) is 0 Å². The van der Waals surface area contributed by atoms with Gasteiger partial charge in [-0.1, -0.05) is 6.07 Å². The molecule has 0 saturated carbocycles. The van der Waals surface area contributed by atoms with Crippen LogP contribution >= 0.6 is 0 Å². The summed E-state index contributed by atoms with van der Waals surface area (Å²) in [5.74, 6) is 1.87. The summed E-state index contributed by atoms with van der Waals surface area (Å²) in [5.41, 5.74) is 1.15. The van der Waals surface area contributed by atoms with Gasteiger partial charge in [0.15, 0.2) is 11.5 Å². The highest BCUT2D eigenvalue weighted by Crippen LogP contribution is 2.30. The molecule has 114 valence electrons. The lowest BCUT2D eigenvalue weighted by molar-refractivity contribution is -0.125. The Morgan fingerprint density at radius 2 is 2.14 bits per heavy atom. The molecule has 1 aromatic rings. The summed E-state index contributed by atoms with van der Waals surface area (Å²) in [6.07, 6.45) is 1.73. The number of amides is 1. The van der Waals surface area contributed by atoms with Gasteiger partial charge >= 0.3 is 0 Å². The third kappa shape index (κ3) is 3.29. The van der Waals surface area contributed by atoms with Crippen molar-refractivity contribution in [2.75, 3.05) is 26.3 Å². The molecule has 2 aliphatic rings. The van der Waals surface area contributed by atoms with Crippen LogP contribution in [0.3, 0.4) is 0 Å². The predicted octanol–water partition coefficient (Wildman–Crippen LogP) is 1.11. The molecule has 2 N–H and O–H groups in total. The van der Waals surface area contributed by atoms with Crippen LogP contribution in [0.25, 0.3) is 0 Å².